The van der Waals surface area contributed by atoms with Crippen molar-refractivity contribution in [2.75, 3.05) is 6.61 Å². The molecule has 0 heterocycles. The second kappa shape index (κ2) is 7.73. The molecule has 1 aliphatic carbocycles. The fourth-order valence-corrected chi connectivity index (χ4v) is 2.70. The number of nitrogens with zero attached hydrogens (tertiary/aromatic N) is 1. The number of rotatable bonds is 7. The van der Waals surface area contributed by atoms with Crippen LogP contribution in [0.3, 0.4) is 0 Å². The molecular weight excluding hydrogens is 240 g/mol. The summed E-state index contributed by atoms with van der Waals surface area (Å²) in [6, 6.07) is 0. The summed E-state index contributed by atoms with van der Waals surface area (Å²) in [6.45, 7) is 7.14. The van der Waals surface area contributed by atoms with Crippen LogP contribution >= 0.6 is 0 Å². The van der Waals surface area contributed by atoms with E-state index in [0.717, 1.165) is 25.9 Å². The van der Waals surface area contributed by atoms with Crippen LogP contribution in [0, 0.1) is 11.3 Å². The number of nitrogens with two attached hydrogens (primary N) is 1. The molecule has 0 amide bonds. The van der Waals surface area contributed by atoms with Crippen molar-refractivity contribution in [3.63, 3.8) is 0 Å². The lowest BCUT2D eigenvalue weighted by atomic mass is 9.86. The highest BCUT2D eigenvalue weighted by Gasteiger charge is 2.24. The highest BCUT2D eigenvalue weighted by molar-refractivity contribution is 5.85. The van der Waals surface area contributed by atoms with Crippen LogP contribution in [0.1, 0.15) is 65.7 Å². The molecule has 1 fully saturated rings. The molecule has 4 heteroatoms. The first-order valence-corrected chi connectivity index (χ1v) is 7.57. The Balaban J connectivity index is 2.14. The Kier molecular flexibility index (Phi) is 6.63. The van der Waals surface area contributed by atoms with Crippen molar-refractivity contribution in [1.29, 1.82) is 0 Å². The number of oxime groups is 1. The van der Waals surface area contributed by atoms with Crippen molar-refractivity contribution in [2.24, 2.45) is 22.2 Å². The molecule has 0 aromatic rings. The largest absolute Gasteiger partial charge is 0.409 e. The topological polar surface area (TPSA) is 67.8 Å². The van der Waals surface area contributed by atoms with Crippen LogP contribution in [0.4, 0.5) is 0 Å². The lowest BCUT2D eigenvalue weighted by molar-refractivity contribution is -0.00689. The van der Waals surface area contributed by atoms with E-state index in [1.54, 1.807) is 0 Å². The summed E-state index contributed by atoms with van der Waals surface area (Å²) in [5.74, 6) is 1.02. The smallest absolute Gasteiger partial charge is 0.144 e. The maximum atomic E-state index is 8.71. The van der Waals surface area contributed by atoms with Crippen LogP contribution in [0.2, 0.25) is 0 Å². The summed E-state index contributed by atoms with van der Waals surface area (Å²) in [6.07, 6.45) is 8.67. The zero-order valence-electron chi connectivity index (χ0n) is 12.7. The van der Waals surface area contributed by atoms with E-state index in [4.69, 9.17) is 15.7 Å². The average Bonchev–Trinajstić information content (AvgIpc) is 2.39. The summed E-state index contributed by atoms with van der Waals surface area (Å²) >= 11 is 0. The molecule has 1 saturated carbocycles. The molecule has 0 radical (unpaired) electrons. The molecule has 0 aliphatic heterocycles. The predicted molar refractivity (Wildman–Crippen MR) is 78.4 cm³/mol. The van der Waals surface area contributed by atoms with Crippen molar-refractivity contribution in [3.05, 3.63) is 0 Å². The van der Waals surface area contributed by atoms with Crippen LogP contribution in [-0.4, -0.2) is 23.8 Å². The van der Waals surface area contributed by atoms with Gasteiger partial charge >= 0.3 is 0 Å². The first-order valence-electron chi connectivity index (χ1n) is 7.57. The molecule has 4 nitrogen and oxygen atoms in total. The summed E-state index contributed by atoms with van der Waals surface area (Å²) in [4.78, 5) is 0. The Morgan fingerprint density at radius 2 is 2.00 bits per heavy atom. The van der Waals surface area contributed by atoms with E-state index < -0.39 is 0 Å². The second-order valence-electron chi connectivity index (χ2n) is 6.50. The zero-order chi connectivity index (χ0) is 14.3. The third-order valence-electron chi connectivity index (χ3n) is 4.36. The number of unbranched alkanes of at least 4 members (excludes halogenated alkanes) is 1. The minimum absolute atomic E-state index is 0.229. The van der Waals surface area contributed by atoms with Crippen molar-refractivity contribution in [2.45, 2.75) is 71.8 Å². The van der Waals surface area contributed by atoms with Gasteiger partial charge in [0.1, 0.15) is 5.84 Å². The molecule has 0 aromatic carbocycles. The Morgan fingerprint density at radius 3 is 2.63 bits per heavy atom. The van der Waals surface area contributed by atoms with Gasteiger partial charge in [-0.25, -0.2) is 0 Å². The SMILES string of the molecule is CC1CCCCC1OCCCCC(C)(C)C(N)=NO. The fourth-order valence-electron chi connectivity index (χ4n) is 2.70. The van der Waals surface area contributed by atoms with Crippen LogP contribution in [0.15, 0.2) is 5.16 Å². The fraction of sp³-hybridized carbons (Fsp3) is 0.933. The maximum Gasteiger partial charge on any atom is 0.144 e. The summed E-state index contributed by atoms with van der Waals surface area (Å²) in [5.41, 5.74) is 5.44. The Hall–Kier alpha value is -0.770. The van der Waals surface area contributed by atoms with E-state index in [9.17, 15) is 0 Å². The van der Waals surface area contributed by atoms with E-state index in [0.29, 0.717) is 17.9 Å². The monoisotopic (exact) mass is 270 g/mol. The van der Waals surface area contributed by atoms with Gasteiger partial charge < -0.3 is 15.7 Å². The van der Waals surface area contributed by atoms with Crippen molar-refractivity contribution < 1.29 is 9.94 Å². The quantitative estimate of drug-likeness (QED) is 0.244. The van der Waals surface area contributed by atoms with E-state index in [1.165, 1.54) is 25.7 Å². The molecule has 0 saturated heterocycles. The molecule has 19 heavy (non-hydrogen) atoms. The molecule has 0 bridgehead atoms. The summed E-state index contributed by atoms with van der Waals surface area (Å²) in [5, 5.41) is 11.8. The molecule has 0 spiro atoms. The number of hydrogen-bond donors (Lipinski definition) is 2. The first-order chi connectivity index (χ1) is 8.97. The van der Waals surface area contributed by atoms with Gasteiger partial charge in [-0.3, -0.25) is 0 Å². The summed E-state index contributed by atoms with van der Waals surface area (Å²) < 4.78 is 5.99. The normalized spacial score (nSPS) is 25.5. The summed E-state index contributed by atoms with van der Waals surface area (Å²) in [7, 11) is 0. The highest BCUT2D eigenvalue weighted by Crippen LogP contribution is 2.27. The predicted octanol–water partition coefficient (Wildman–Crippen LogP) is 3.52. The first kappa shape index (κ1) is 16.3. The van der Waals surface area contributed by atoms with Gasteiger partial charge in [-0.15, -0.1) is 0 Å². The molecular formula is C15H30N2O2. The Morgan fingerprint density at radius 1 is 1.32 bits per heavy atom. The number of ether oxygens (including phenoxy) is 1. The minimum Gasteiger partial charge on any atom is -0.409 e. The van der Waals surface area contributed by atoms with Gasteiger partial charge in [0.25, 0.3) is 0 Å². The third-order valence-corrected chi connectivity index (χ3v) is 4.36. The molecule has 112 valence electrons. The van der Waals surface area contributed by atoms with Crippen LogP contribution in [0.25, 0.3) is 0 Å². The lowest BCUT2D eigenvalue weighted by Gasteiger charge is -2.29. The molecule has 3 N–H and O–H groups in total. The van der Waals surface area contributed by atoms with E-state index in [2.05, 4.69) is 12.1 Å². The molecule has 2 atom stereocenters. The van der Waals surface area contributed by atoms with Crippen LogP contribution in [0.5, 0.6) is 0 Å². The van der Waals surface area contributed by atoms with Crippen LogP contribution in [-0.2, 0) is 4.74 Å². The second-order valence-corrected chi connectivity index (χ2v) is 6.50. The van der Waals surface area contributed by atoms with Crippen molar-refractivity contribution in [1.82, 2.24) is 0 Å². The highest BCUT2D eigenvalue weighted by atomic mass is 16.5. The van der Waals surface area contributed by atoms with Crippen molar-refractivity contribution in [3.8, 4) is 0 Å². The van der Waals surface area contributed by atoms with E-state index in [-0.39, 0.29) is 5.41 Å². The Bertz CT molecular complexity index is 290. The van der Waals surface area contributed by atoms with Gasteiger partial charge in [0.15, 0.2) is 0 Å². The van der Waals surface area contributed by atoms with Gasteiger partial charge in [0, 0.05) is 12.0 Å². The number of hydrogen-bond acceptors (Lipinski definition) is 3. The average molecular weight is 270 g/mol. The number of amidine groups is 1. The van der Waals surface area contributed by atoms with Gasteiger partial charge in [0.05, 0.1) is 6.10 Å². The molecule has 1 rings (SSSR count). The molecule has 0 aromatic heterocycles. The molecule has 2 unspecified atom stereocenters. The standard InChI is InChI=1S/C15H30N2O2/c1-12-8-4-5-9-13(12)19-11-7-6-10-15(2,3)14(16)17-18/h12-13,18H,4-11H2,1-3H3,(H2,16,17). The van der Waals surface area contributed by atoms with E-state index in [1.807, 2.05) is 13.8 Å². The van der Waals surface area contributed by atoms with Gasteiger partial charge in [0.2, 0.25) is 0 Å². The molecule has 1 aliphatic rings. The van der Waals surface area contributed by atoms with Crippen LogP contribution < -0.4 is 5.73 Å². The van der Waals surface area contributed by atoms with Gasteiger partial charge in [-0.1, -0.05) is 45.2 Å². The van der Waals surface area contributed by atoms with Crippen molar-refractivity contribution >= 4 is 5.84 Å². The maximum absolute atomic E-state index is 8.71. The van der Waals surface area contributed by atoms with Gasteiger partial charge in [-0.05, 0) is 31.6 Å². The third kappa shape index (κ3) is 5.39. The lowest BCUT2D eigenvalue weighted by Crippen LogP contribution is -2.32. The Labute approximate surface area is 117 Å². The zero-order valence-corrected chi connectivity index (χ0v) is 12.7. The van der Waals surface area contributed by atoms with E-state index >= 15 is 0 Å². The van der Waals surface area contributed by atoms with Gasteiger partial charge in [-0.2, -0.15) is 0 Å². The minimum atomic E-state index is -0.229.